The van der Waals surface area contributed by atoms with E-state index >= 15 is 0 Å². The van der Waals surface area contributed by atoms with E-state index in [2.05, 4.69) is 29.6 Å². The smallest absolute Gasteiger partial charge is 0.0729 e. The average Bonchev–Trinajstić information content (AvgIpc) is 2.55. The molecule has 0 bridgehead atoms. The lowest BCUT2D eigenvalue weighted by molar-refractivity contribution is -0.152. The highest BCUT2D eigenvalue weighted by atomic mass is 16.5. The minimum absolute atomic E-state index is 0.123. The van der Waals surface area contributed by atoms with Crippen molar-refractivity contribution in [1.29, 1.82) is 0 Å². The van der Waals surface area contributed by atoms with Gasteiger partial charge in [-0.3, -0.25) is 0 Å². The number of anilines is 1. The first-order valence-corrected chi connectivity index (χ1v) is 8.38. The van der Waals surface area contributed by atoms with Crippen molar-refractivity contribution in [2.24, 2.45) is 11.8 Å². The lowest BCUT2D eigenvalue weighted by Gasteiger charge is -2.46. The van der Waals surface area contributed by atoms with Gasteiger partial charge < -0.3 is 14.8 Å². The van der Waals surface area contributed by atoms with Gasteiger partial charge in [-0.1, -0.05) is 18.2 Å². The summed E-state index contributed by atoms with van der Waals surface area (Å²) in [6, 6.07) is 8.76. The fourth-order valence-electron chi connectivity index (χ4n) is 4.36. The number of nitrogens with one attached hydrogen (secondary N) is 1. The van der Waals surface area contributed by atoms with Crippen LogP contribution < -0.4 is 5.32 Å². The molecule has 0 amide bonds. The summed E-state index contributed by atoms with van der Waals surface area (Å²) in [6.07, 6.45) is 5.84. The number of hydrogen-bond acceptors (Lipinski definition) is 3. The van der Waals surface area contributed by atoms with Gasteiger partial charge in [-0.25, -0.2) is 0 Å². The van der Waals surface area contributed by atoms with Gasteiger partial charge in [0.1, 0.15) is 0 Å². The number of rotatable bonds is 1. The molecule has 3 heterocycles. The molecule has 3 aliphatic heterocycles. The lowest BCUT2D eigenvalue weighted by atomic mass is 9.73. The van der Waals surface area contributed by atoms with E-state index in [0.29, 0.717) is 0 Å². The Bertz CT molecular complexity index is 490. The Balaban J connectivity index is 1.47. The number of benzene rings is 1. The van der Waals surface area contributed by atoms with E-state index in [-0.39, 0.29) is 5.60 Å². The van der Waals surface area contributed by atoms with E-state index in [1.807, 2.05) is 0 Å². The van der Waals surface area contributed by atoms with E-state index < -0.39 is 0 Å². The summed E-state index contributed by atoms with van der Waals surface area (Å²) in [7, 11) is 0. The first kappa shape index (κ1) is 13.6. The third-order valence-electron chi connectivity index (χ3n) is 5.66. The van der Waals surface area contributed by atoms with E-state index in [1.54, 1.807) is 0 Å². The molecule has 2 fully saturated rings. The third kappa shape index (κ3) is 2.69. The normalized spacial score (nSPS) is 31.4. The summed E-state index contributed by atoms with van der Waals surface area (Å²) in [5, 5.41) is 3.64. The summed E-state index contributed by atoms with van der Waals surface area (Å²) >= 11 is 0. The summed E-state index contributed by atoms with van der Waals surface area (Å²) in [6.45, 7) is 3.80. The van der Waals surface area contributed by atoms with Crippen molar-refractivity contribution in [2.45, 2.75) is 37.7 Å². The number of hydrogen-bond donors (Lipinski definition) is 1. The molecule has 114 valence electrons. The van der Waals surface area contributed by atoms with Crippen LogP contribution in [0, 0.1) is 11.8 Å². The molecule has 4 rings (SSSR count). The second-order valence-electron chi connectivity index (χ2n) is 6.90. The van der Waals surface area contributed by atoms with Crippen molar-refractivity contribution < 1.29 is 9.47 Å². The van der Waals surface area contributed by atoms with Crippen LogP contribution in [0.25, 0.3) is 0 Å². The standard InChI is InChI=1S/C18H25NO2/c1-2-4-17-14(3-1)11-16(13-19-17)15-5-8-21-18(12-15)6-9-20-10-7-18/h1-4,15-16,19H,5-13H2. The number of ether oxygens (including phenoxy) is 2. The summed E-state index contributed by atoms with van der Waals surface area (Å²) in [5.41, 5.74) is 2.95. The zero-order valence-electron chi connectivity index (χ0n) is 12.6. The molecule has 2 saturated heterocycles. The van der Waals surface area contributed by atoms with Gasteiger partial charge in [0.15, 0.2) is 0 Å². The first-order valence-electron chi connectivity index (χ1n) is 8.38. The molecular formula is C18H25NO2. The largest absolute Gasteiger partial charge is 0.385 e. The van der Waals surface area contributed by atoms with Crippen LogP contribution in [0.1, 0.15) is 31.2 Å². The number of para-hydroxylation sites is 1. The average molecular weight is 287 g/mol. The highest BCUT2D eigenvalue weighted by Crippen LogP contribution is 2.42. The number of fused-ring (bicyclic) bond motifs is 1. The maximum Gasteiger partial charge on any atom is 0.0729 e. The van der Waals surface area contributed by atoms with Crippen LogP contribution in [-0.4, -0.2) is 32.0 Å². The second kappa shape index (κ2) is 5.62. The molecule has 1 N–H and O–H groups in total. The van der Waals surface area contributed by atoms with Crippen molar-refractivity contribution in [3.63, 3.8) is 0 Å². The van der Waals surface area contributed by atoms with Gasteiger partial charge in [0.2, 0.25) is 0 Å². The Morgan fingerprint density at radius 1 is 1.05 bits per heavy atom. The highest BCUT2D eigenvalue weighted by Gasteiger charge is 2.41. The zero-order chi connectivity index (χ0) is 14.1. The fourth-order valence-corrected chi connectivity index (χ4v) is 4.36. The molecule has 2 atom stereocenters. The molecule has 3 heteroatoms. The van der Waals surface area contributed by atoms with Gasteiger partial charge >= 0.3 is 0 Å². The molecule has 0 aromatic heterocycles. The van der Waals surface area contributed by atoms with Crippen molar-refractivity contribution >= 4 is 5.69 Å². The summed E-state index contributed by atoms with van der Waals surface area (Å²) in [5.74, 6) is 1.54. The minimum Gasteiger partial charge on any atom is -0.385 e. The van der Waals surface area contributed by atoms with Gasteiger partial charge in [-0.2, -0.15) is 0 Å². The van der Waals surface area contributed by atoms with E-state index in [0.717, 1.165) is 51.0 Å². The second-order valence-corrected chi connectivity index (χ2v) is 6.90. The predicted octanol–water partition coefficient (Wildman–Crippen LogP) is 3.25. The van der Waals surface area contributed by atoms with Crippen LogP contribution >= 0.6 is 0 Å². The molecule has 1 aromatic carbocycles. The van der Waals surface area contributed by atoms with Crippen LogP contribution in [-0.2, 0) is 15.9 Å². The first-order chi connectivity index (χ1) is 10.3. The van der Waals surface area contributed by atoms with Crippen LogP contribution in [0.4, 0.5) is 5.69 Å². The van der Waals surface area contributed by atoms with Gasteiger partial charge in [0.05, 0.1) is 5.60 Å². The molecule has 0 saturated carbocycles. The van der Waals surface area contributed by atoms with Crippen molar-refractivity contribution in [2.75, 3.05) is 31.7 Å². The third-order valence-corrected chi connectivity index (χ3v) is 5.66. The molecular weight excluding hydrogens is 262 g/mol. The van der Waals surface area contributed by atoms with Crippen LogP contribution in [0.3, 0.4) is 0 Å². The highest BCUT2D eigenvalue weighted by molar-refractivity contribution is 5.53. The maximum atomic E-state index is 6.20. The Kier molecular flexibility index (Phi) is 3.64. The molecule has 21 heavy (non-hydrogen) atoms. The summed E-state index contributed by atoms with van der Waals surface area (Å²) < 4.78 is 11.7. The van der Waals surface area contributed by atoms with Gasteiger partial charge in [0, 0.05) is 32.1 Å². The topological polar surface area (TPSA) is 30.5 Å². The van der Waals surface area contributed by atoms with Crippen LogP contribution in [0.2, 0.25) is 0 Å². The predicted molar refractivity (Wildman–Crippen MR) is 83.6 cm³/mol. The monoisotopic (exact) mass is 287 g/mol. The molecule has 0 radical (unpaired) electrons. The molecule has 3 nitrogen and oxygen atoms in total. The molecule has 1 spiro atoms. The minimum atomic E-state index is 0.123. The lowest BCUT2D eigenvalue weighted by Crippen LogP contribution is -2.47. The van der Waals surface area contributed by atoms with Gasteiger partial charge in [-0.15, -0.1) is 0 Å². The SMILES string of the molecule is c1ccc2c(c1)CC(C1CCOC3(CCOCC3)C1)CN2. The Morgan fingerprint density at radius 3 is 2.81 bits per heavy atom. The Morgan fingerprint density at radius 2 is 1.90 bits per heavy atom. The van der Waals surface area contributed by atoms with Crippen molar-refractivity contribution in [3.8, 4) is 0 Å². The van der Waals surface area contributed by atoms with E-state index in [4.69, 9.17) is 9.47 Å². The molecule has 1 aromatic rings. The van der Waals surface area contributed by atoms with Gasteiger partial charge in [0.25, 0.3) is 0 Å². The molecule has 0 aliphatic carbocycles. The van der Waals surface area contributed by atoms with Gasteiger partial charge in [-0.05, 0) is 55.6 Å². The van der Waals surface area contributed by atoms with Crippen molar-refractivity contribution in [1.82, 2.24) is 0 Å². The fraction of sp³-hybridized carbons (Fsp3) is 0.667. The molecule has 2 unspecified atom stereocenters. The Labute approximate surface area is 127 Å². The zero-order valence-corrected chi connectivity index (χ0v) is 12.6. The van der Waals surface area contributed by atoms with Crippen LogP contribution in [0.15, 0.2) is 24.3 Å². The summed E-state index contributed by atoms with van der Waals surface area (Å²) in [4.78, 5) is 0. The Hall–Kier alpha value is -1.06. The quantitative estimate of drug-likeness (QED) is 0.860. The molecule has 3 aliphatic rings. The maximum absolute atomic E-state index is 6.20. The van der Waals surface area contributed by atoms with Crippen molar-refractivity contribution in [3.05, 3.63) is 29.8 Å². The van der Waals surface area contributed by atoms with E-state index in [9.17, 15) is 0 Å². The van der Waals surface area contributed by atoms with E-state index in [1.165, 1.54) is 30.5 Å². The van der Waals surface area contributed by atoms with Crippen LogP contribution in [0.5, 0.6) is 0 Å².